The molecular weight excluding hydrogens is 164 g/mol. The van der Waals surface area contributed by atoms with Crippen LogP contribution < -0.4 is 0 Å². The fourth-order valence-corrected chi connectivity index (χ4v) is 2.14. The Bertz CT molecular complexity index is 170. The predicted molar refractivity (Wildman–Crippen MR) is 52.9 cm³/mol. The van der Waals surface area contributed by atoms with Gasteiger partial charge in [-0.3, -0.25) is 4.90 Å². The normalized spacial score (nSPS) is 35.3. The van der Waals surface area contributed by atoms with E-state index < -0.39 is 0 Å². The molecule has 0 spiro atoms. The third-order valence-corrected chi connectivity index (χ3v) is 3.12. The number of epoxide rings is 1. The van der Waals surface area contributed by atoms with E-state index in [0.717, 1.165) is 19.2 Å². The Morgan fingerprint density at radius 2 is 2.31 bits per heavy atom. The van der Waals surface area contributed by atoms with Crippen LogP contribution in [0.2, 0.25) is 0 Å². The summed E-state index contributed by atoms with van der Waals surface area (Å²) in [6, 6.07) is 0.753. The number of piperidine rings is 1. The van der Waals surface area contributed by atoms with Gasteiger partial charge in [0.15, 0.2) is 0 Å². The van der Waals surface area contributed by atoms with Crippen molar-refractivity contribution in [2.75, 3.05) is 40.3 Å². The van der Waals surface area contributed by atoms with Gasteiger partial charge >= 0.3 is 0 Å². The molecule has 2 aliphatic rings. The number of rotatable bonds is 3. The standard InChI is InChI=1S/C10H20N2O/c1-11-5-3-4-9(6-11)12(2)7-10-8-13-10/h9-10H,3-8H2,1-2H3. The number of ether oxygens (including phenoxy) is 1. The van der Waals surface area contributed by atoms with Crippen molar-refractivity contribution in [2.45, 2.75) is 25.0 Å². The Labute approximate surface area is 80.6 Å². The number of hydrogen-bond acceptors (Lipinski definition) is 3. The molecule has 0 N–H and O–H groups in total. The van der Waals surface area contributed by atoms with Gasteiger partial charge in [-0.05, 0) is 33.5 Å². The van der Waals surface area contributed by atoms with Crippen LogP contribution in [0.5, 0.6) is 0 Å². The molecule has 0 bridgehead atoms. The molecule has 0 aromatic rings. The van der Waals surface area contributed by atoms with Crippen molar-refractivity contribution in [3.63, 3.8) is 0 Å². The summed E-state index contributed by atoms with van der Waals surface area (Å²) in [5.41, 5.74) is 0. The molecule has 76 valence electrons. The van der Waals surface area contributed by atoms with Gasteiger partial charge in [0, 0.05) is 19.1 Å². The summed E-state index contributed by atoms with van der Waals surface area (Å²) in [4.78, 5) is 4.89. The van der Waals surface area contributed by atoms with Gasteiger partial charge in [0.25, 0.3) is 0 Å². The zero-order valence-electron chi connectivity index (χ0n) is 8.70. The third kappa shape index (κ3) is 2.66. The third-order valence-electron chi connectivity index (χ3n) is 3.12. The highest BCUT2D eigenvalue weighted by molar-refractivity contribution is 4.81. The van der Waals surface area contributed by atoms with Gasteiger partial charge in [-0.15, -0.1) is 0 Å². The summed E-state index contributed by atoms with van der Waals surface area (Å²) in [5.74, 6) is 0. The summed E-state index contributed by atoms with van der Waals surface area (Å²) < 4.78 is 5.24. The zero-order valence-corrected chi connectivity index (χ0v) is 8.70. The molecule has 0 saturated carbocycles. The lowest BCUT2D eigenvalue weighted by Crippen LogP contribution is -2.46. The quantitative estimate of drug-likeness (QED) is 0.592. The van der Waals surface area contributed by atoms with Gasteiger partial charge in [0.05, 0.1) is 12.7 Å². The highest BCUT2D eigenvalue weighted by Crippen LogP contribution is 2.17. The van der Waals surface area contributed by atoms with Gasteiger partial charge < -0.3 is 9.64 Å². The minimum Gasteiger partial charge on any atom is -0.372 e. The van der Waals surface area contributed by atoms with E-state index in [2.05, 4.69) is 23.9 Å². The smallest absolute Gasteiger partial charge is 0.0936 e. The molecule has 2 rings (SSSR count). The Kier molecular flexibility index (Phi) is 2.86. The van der Waals surface area contributed by atoms with Crippen molar-refractivity contribution in [3.05, 3.63) is 0 Å². The molecule has 2 heterocycles. The van der Waals surface area contributed by atoms with Gasteiger partial charge in [0.2, 0.25) is 0 Å². The summed E-state index contributed by atoms with van der Waals surface area (Å²) in [6.45, 7) is 4.60. The summed E-state index contributed by atoms with van der Waals surface area (Å²) in [6.07, 6.45) is 3.24. The van der Waals surface area contributed by atoms with E-state index in [1.807, 2.05) is 0 Å². The second-order valence-corrected chi connectivity index (χ2v) is 4.45. The maximum atomic E-state index is 5.24. The molecule has 2 fully saturated rings. The summed E-state index contributed by atoms with van der Waals surface area (Å²) in [7, 11) is 4.44. The molecule has 3 nitrogen and oxygen atoms in total. The van der Waals surface area contributed by atoms with E-state index in [0.29, 0.717) is 6.10 Å². The maximum Gasteiger partial charge on any atom is 0.0936 e. The number of likely N-dealkylation sites (N-methyl/N-ethyl adjacent to an activating group) is 2. The second kappa shape index (κ2) is 3.95. The molecule has 3 heteroatoms. The molecule has 0 aromatic heterocycles. The van der Waals surface area contributed by atoms with Gasteiger partial charge in [0.1, 0.15) is 0 Å². The first-order valence-electron chi connectivity index (χ1n) is 5.26. The molecule has 0 amide bonds. The van der Waals surface area contributed by atoms with E-state index in [4.69, 9.17) is 4.74 Å². The zero-order chi connectivity index (χ0) is 9.26. The maximum absolute atomic E-state index is 5.24. The van der Waals surface area contributed by atoms with Crippen molar-refractivity contribution >= 4 is 0 Å². The molecule has 13 heavy (non-hydrogen) atoms. The summed E-state index contributed by atoms with van der Waals surface area (Å²) >= 11 is 0. The van der Waals surface area contributed by atoms with Crippen LogP contribution in [-0.4, -0.2) is 62.3 Å². The molecule has 0 aromatic carbocycles. The molecule has 0 radical (unpaired) electrons. The first-order valence-corrected chi connectivity index (χ1v) is 5.26. The predicted octanol–water partition coefficient (Wildman–Crippen LogP) is 0.411. The van der Waals surface area contributed by atoms with Crippen LogP contribution in [0, 0.1) is 0 Å². The van der Waals surface area contributed by atoms with Crippen molar-refractivity contribution < 1.29 is 4.74 Å². The molecule has 2 unspecified atom stereocenters. The van der Waals surface area contributed by atoms with Crippen LogP contribution in [0.4, 0.5) is 0 Å². The number of hydrogen-bond donors (Lipinski definition) is 0. The van der Waals surface area contributed by atoms with Crippen molar-refractivity contribution in [2.24, 2.45) is 0 Å². The van der Waals surface area contributed by atoms with Crippen molar-refractivity contribution in [1.82, 2.24) is 9.80 Å². The van der Waals surface area contributed by atoms with Crippen LogP contribution >= 0.6 is 0 Å². The first kappa shape index (κ1) is 9.44. The van der Waals surface area contributed by atoms with E-state index in [1.54, 1.807) is 0 Å². The highest BCUT2D eigenvalue weighted by atomic mass is 16.6. The van der Waals surface area contributed by atoms with E-state index in [-0.39, 0.29) is 0 Å². The minimum atomic E-state index is 0.539. The molecule has 0 aliphatic carbocycles. The van der Waals surface area contributed by atoms with E-state index in [1.165, 1.54) is 25.9 Å². The van der Waals surface area contributed by atoms with Gasteiger partial charge in [-0.25, -0.2) is 0 Å². The second-order valence-electron chi connectivity index (χ2n) is 4.45. The molecule has 2 aliphatic heterocycles. The molecule has 2 atom stereocenters. The SMILES string of the molecule is CN1CCCC(N(C)CC2CO2)C1. The van der Waals surface area contributed by atoms with Gasteiger partial charge in [-0.1, -0.05) is 0 Å². The lowest BCUT2D eigenvalue weighted by Gasteiger charge is -2.35. The average molecular weight is 184 g/mol. The number of likely N-dealkylation sites (tertiary alicyclic amines) is 1. The van der Waals surface area contributed by atoms with Crippen molar-refractivity contribution in [1.29, 1.82) is 0 Å². The molecule has 2 saturated heterocycles. The van der Waals surface area contributed by atoms with Crippen molar-refractivity contribution in [3.8, 4) is 0 Å². The van der Waals surface area contributed by atoms with E-state index in [9.17, 15) is 0 Å². The average Bonchev–Trinajstić information content (AvgIpc) is 2.88. The first-order chi connectivity index (χ1) is 6.25. The largest absolute Gasteiger partial charge is 0.372 e. The Hall–Kier alpha value is -0.120. The fraction of sp³-hybridized carbons (Fsp3) is 1.00. The van der Waals surface area contributed by atoms with Crippen LogP contribution in [0.25, 0.3) is 0 Å². The van der Waals surface area contributed by atoms with Crippen LogP contribution in [0.3, 0.4) is 0 Å². The Morgan fingerprint density at radius 3 is 2.92 bits per heavy atom. The Balaban J connectivity index is 1.76. The molecular formula is C10H20N2O. The lowest BCUT2D eigenvalue weighted by atomic mass is 10.1. The lowest BCUT2D eigenvalue weighted by molar-refractivity contribution is 0.127. The van der Waals surface area contributed by atoms with Crippen LogP contribution in [0.1, 0.15) is 12.8 Å². The Morgan fingerprint density at radius 1 is 1.54 bits per heavy atom. The summed E-state index contributed by atoms with van der Waals surface area (Å²) in [5, 5.41) is 0. The minimum absolute atomic E-state index is 0.539. The highest BCUT2D eigenvalue weighted by Gasteiger charge is 2.28. The monoisotopic (exact) mass is 184 g/mol. The number of nitrogens with zero attached hydrogens (tertiary/aromatic N) is 2. The van der Waals surface area contributed by atoms with E-state index >= 15 is 0 Å². The topological polar surface area (TPSA) is 19.0 Å². The fourth-order valence-electron chi connectivity index (χ4n) is 2.14. The van der Waals surface area contributed by atoms with Crippen LogP contribution in [0.15, 0.2) is 0 Å². The van der Waals surface area contributed by atoms with Gasteiger partial charge in [-0.2, -0.15) is 0 Å². The van der Waals surface area contributed by atoms with Crippen LogP contribution in [-0.2, 0) is 4.74 Å².